The number of carbonyl (C=O) groups is 2. The number of esters is 1. The number of carboxylic acids is 1. The maximum Gasteiger partial charge on any atom is 0.387 e. The third-order valence-electron chi connectivity index (χ3n) is 2.03. The summed E-state index contributed by atoms with van der Waals surface area (Å²) in [5.41, 5.74) is 1.34. The first-order valence-electron chi connectivity index (χ1n) is 6.00. The average molecular weight is 275 g/mol. The molecule has 0 heterocycles. The third kappa shape index (κ3) is 7.67. The van der Waals surface area contributed by atoms with E-state index < -0.39 is 11.9 Å². The van der Waals surface area contributed by atoms with E-state index in [9.17, 15) is 9.59 Å². The minimum atomic E-state index is -0.887. The van der Waals surface area contributed by atoms with Gasteiger partial charge in [-0.05, 0) is 31.5 Å². The van der Waals surface area contributed by atoms with Gasteiger partial charge in [0.25, 0.3) is 0 Å². The predicted molar refractivity (Wildman–Crippen MR) is 76.2 cm³/mol. The molecule has 0 atom stereocenters. The molecule has 0 amide bonds. The topological polar surface area (TPSA) is 68.0 Å². The van der Waals surface area contributed by atoms with E-state index in [-0.39, 0.29) is 6.54 Å². The Balaban J connectivity index is 0.000000396. The van der Waals surface area contributed by atoms with E-state index >= 15 is 0 Å². The van der Waals surface area contributed by atoms with Crippen LogP contribution in [0.5, 0.6) is 0 Å². The molecule has 0 spiro atoms. The second-order valence-corrected chi connectivity index (χ2v) is 3.55. The van der Waals surface area contributed by atoms with Crippen LogP contribution in [-0.4, -0.2) is 30.2 Å². The maximum absolute atomic E-state index is 10.5. The second kappa shape index (κ2) is 10.3. The minimum Gasteiger partial charge on any atom is -0.478 e. The maximum atomic E-state index is 10.5. The predicted octanol–water partition coefficient (Wildman–Crippen LogP) is 2.89. The Kier molecular flexibility index (Phi) is 8.98. The van der Waals surface area contributed by atoms with Crippen LogP contribution in [0.1, 0.15) is 29.8 Å². The molecule has 1 rings (SSSR count). The molecule has 0 saturated heterocycles. The van der Waals surface area contributed by atoms with Crippen LogP contribution >= 0.6 is 0 Å². The zero-order chi connectivity index (χ0) is 15.4. The van der Waals surface area contributed by atoms with Crippen LogP contribution in [0.2, 0.25) is 0 Å². The van der Waals surface area contributed by atoms with Crippen LogP contribution in [0, 0.1) is 6.57 Å². The van der Waals surface area contributed by atoms with Crippen LogP contribution in [0.15, 0.2) is 30.3 Å². The van der Waals surface area contributed by atoms with E-state index in [1.54, 1.807) is 31.2 Å². The van der Waals surface area contributed by atoms with Gasteiger partial charge in [0, 0.05) is 0 Å². The van der Waals surface area contributed by atoms with Crippen molar-refractivity contribution in [2.45, 2.75) is 13.8 Å². The van der Waals surface area contributed by atoms with Gasteiger partial charge in [0.05, 0.1) is 12.2 Å². The lowest BCUT2D eigenvalue weighted by Gasteiger charge is -1.94. The molecule has 5 heteroatoms. The number of ether oxygens (including phenoxy) is 1. The first kappa shape index (κ1) is 17.4. The molecule has 1 aromatic carbocycles. The molecular weight excluding hydrogens is 258 g/mol. The minimum absolute atomic E-state index is 0.159. The zero-order valence-corrected chi connectivity index (χ0v) is 11.5. The van der Waals surface area contributed by atoms with Gasteiger partial charge in [-0.2, -0.15) is 0 Å². The van der Waals surface area contributed by atoms with Crippen LogP contribution in [0.3, 0.4) is 0 Å². The fourth-order valence-corrected chi connectivity index (χ4v) is 1.20. The molecule has 1 N–H and O–H groups in total. The van der Waals surface area contributed by atoms with Gasteiger partial charge < -0.3 is 14.7 Å². The first-order chi connectivity index (χ1) is 9.54. The molecule has 106 valence electrons. The highest BCUT2D eigenvalue weighted by Crippen LogP contribution is 2.05. The SMILES string of the molecule is C/C=C/c1ccc(C(=O)O)cc1.[C-]#[N+]CC(=O)OCC. The average Bonchev–Trinajstić information content (AvgIpc) is 2.41. The van der Waals surface area contributed by atoms with Crippen molar-refractivity contribution >= 4 is 18.0 Å². The van der Waals surface area contributed by atoms with Crippen LogP contribution in [-0.2, 0) is 9.53 Å². The molecule has 0 aliphatic carbocycles. The summed E-state index contributed by atoms with van der Waals surface area (Å²) < 4.78 is 4.43. The third-order valence-corrected chi connectivity index (χ3v) is 2.03. The largest absolute Gasteiger partial charge is 0.478 e. The molecule has 0 saturated carbocycles. The van der Waals surface area contributed by atoms with E-state index in [2.05, 4.69) is 9.58 Å². The molecule has 0 radical (unpaired) electrons. The van der Waals surface area contributed by atoms with Gasteiger partial charge in [0.15, 0.2) is 0 Å². The first-order valence-corrected chi connectivity index (χ1v) is 6.00. The number of nitrogens with zero attached hydrogens (tertiary/aromatic N) is 1. The summed E-state index contributed by atoms with van der Waals surface area (Å²) in [5, 5.41) is 8.59. The number of allylic oxidation sites excluding steroid dienone is 1. The fourth-order valence-electron chi connectivity index (χ4n) is 1.20. The number of carboxylic acid groups (broad SMARTS) is 1. The van der Waals surface area contributed by atoms with E-state index in [1.807, 2.05) is 19.1 Å². The van der Waals surface area contributed by atoms with Crippen LogP contribution in [0.25, 0.3) is 10.9 Å². The van der Waals surface area contributed by atoms with Gasteiger partial charge in [-0.1, -0.05) is 24.3 Å². The number of carbonyl (C=O) groups excluding carboxylic acids is 1. The lowest BCUT2D eigenvalue weighted by Crippen LogP contribution is -2.05. The highest BCUT2D eigenvalue weighted by Gasteiger charge is 2.00. The van der Waals surface area contributed by atoms with Gasteiger partial charge in [-0.25, -0.2) is 16.2 Å². The second-order valence-electron chi connectivity index (χ2n) is 3.55. The number of benzene rings is 1. The lowest BCUT2D eigenvalue weighted by molar-refractivity contribution is -0.140. The number of aromatic carboxylic acids is 1. The molecule has 20 heavy (non-hydrogen) atoms. The van der Waals surface area contributed by atoms with Crippen molar-refractivity contribution in [2.24, 2.45) is 0 Å². The van der Waals surface area contributed by atoms with Crippen LogP contribution in [0.4, 0.5) is 0 Å². The van der Waals surface area contributed by atoms with E-state index in [0.29, 0.717) is 12.2 Å². The van der Waals surface area contributed by atoms with Gasteiger partial charge in [0.2, 0.25) is 0 Å². The standard InChI is InChI=1S/C10H10O2.C5H7NO2/c1-2-3-8-4-6-9(7-5-8)10(11)12;1-3-8-5(7)4-6-2/h2-7H,1H3,(H,11,12);3-4H2,1H3/b3-2+;. The van der Waals surface area contributed by atoms with Crippen molar-refractivity contribution in [3.63, 3.8) is 0 Å². The van der Waals surface area contributed by atoms with Gasteiger partial charge in [-0.15, -0.1) is 0 Å². The monoisotopic (exact) mass is 275 g/mol. The summed E-state index contributed by atoms with van der Waals surface area (Å²) in [7, 11) is 0. The molecule has 0 bridgehead atoms. The highest BCUT2D eigenvalue weighted by atomic mass is 16.5. The Morgan fingerprint density at radius 3 is 2.35 bits per heavy atom. The molecule has 0 aromatic heterocycles. The normalized spacial score (nSPS) is 9.25. The molecular formula is C15H17NO4. The summed E-state index contributed by atoms with van der Waals surface area (Å²) in [6.45, 7) is 10.1. The summed E-state index contributed by atoms with van der Waals surface area (Å²) in [6.07, 6.45) is 3.83. The Hall–Kier alpha value is -2.61. The van der Waals surface area contributed by atoms with Crippen molar-refractivity contribution in [3.05, 3.63) is 52.9 Å². The summed E-state index contributed by atoms with van der Waals surface area (Å²) in [4.78, 5) is 23.5. The van der Waals surface area contributed by atoms with Crippen molar-refractivity contribution in [3.8, 4) is 0 Å². The molecule has 0 unspecified atom stereocenters. The van der Waals surface area contributed by atoms with Gasteiger partial charge in [0.1, 0.15) is 0 Å². The summed E-state index contributed by atoms with van der Waals surface area (Å²) in [6, 6.07) is 6.75. The Labute approximate surface area is 118 Å². The van der Waals surface area contributed by atoms with E-state index in [0.717, 1.165) is 5.56 Å². The van der Waals surface area contributed by atoms with Crippen molar-refractivity contribution in [1.29, 1.82) is 0 Å². The van der Waals surface area contributed by atoms with Crippen molar-refractivity contribution < 1.29 is 19.4 Å². The van der Waals surface area contributed by atoms with Crippen LogP contribution < -0.4 is 0 Å². The molecule has 0 aliphatic heterocycles. The molecule has 0 aliphatic rings. The van der Waals surface area contributed by atoms with Gasteiger partial charge >= 0.3 is 18.5 Å². The van der Waals surface area contributed by atoms with E-state index in [4.69, 9.17) is 11.7 Å². The lowest BCUT2D eigenvalue weighted by atomic mass is 10.1. The summed E-state index contributed by atoms with van der Waals surface area (Å²) in [5.74, 6) is -1.33. The van der Waals surface area contributed by atoms with Crippen molar-refractivity contribution in [2.75, 3.05) is 13.2 Å². The zero-order valence-electron chi connectivity index (χ0n) is 11.5. The highest BCUT2D eigenvalue weighted by molar-refractivity contribution is 5.87. The molecule has 1 aromatic rings. The number of rotatable bonds is 4. The Bertz CT molecular complexity index is 498. The number of hydrogen-bond acceptors (Lipinski definition) is 3. The molecule has 0 fully saturated rings. The fraction of sp³-hybridized carbons (Fsp3) is 0.267. The smallest absolute Gasteiger partial charge is 0.387 e. The van der Waals surface area contributed by atoms with Gasteiger partial charge in [-0.3, -0.25) is 0 Å². The molecule has 5 nitrogen and oxygen atoms in total. The van der Waals surface area contributed by atoms with Crippen molar-refractivity contribution in [1.82, 2.24) is 0 Å². The number of hydrogen-bond donors (Lipinski definition) is 1. The summed E-state index contributed by atoms with van der Waals surface area (Å²) >= 11 is 0. The quantitative estimate of drug-likeness (QED) is 0.677. The Morgan fingerprint density at radius 1 is 1.35 bits per heavy atom. The van der Waals surface area contributed by atoms with E-state index in [1.165, 1.54) is 0 Å². The Morgan fingerprint density at radius 2 is 1.95 bits per heavy atom.